The fraction of sp³-hybridized carbons (Fsp3) is 0.450. The van der Waals surface area contributed by atoms with Gasteiger partial charge < -0.3 is 19.6 Å². The van der Waals surface area contributed by atoms with Crippen LogP contribution in [0.25, 0.3) is 11.3 Å². The fourth-order valence-corrected chi connectivity index (χ4v) is 3.04. The Balaban J connectivity index is 1.37. The van der Waals surface area contributed by atoms with Crippen molar-refractivity contribution in [1.82, 2.24) is 20.3 Å². The number of unbranched alkanes of at least 4 members (excludes halogenated alkanes) is 1. The van der Waals surface area contributed by atoms with E-state index >= 15 is 0 Å². The summed E-state index contributed by atoms with van der Waals surface area (Å²) in [6, 6.07) is 7.33. The average molecular weight is 388 g/mol. The SMILES string of the molecule is CN1CCN(C(=O)CCCCNC(=O)c2cc(-c3ccc(F)cc3)no2)CC1. The minimum absolute atomic E-state index is 0.104. The number of rotatable bonds is 7. The van der Waals surface area contributed by atoms with Crippen LogP contribution in [0.4, 0.5) is 4.39 Å². The maximum Gasteiger partial charge on any atom is 0.289 e. The second-order valence-corrected chi connectivity index (χ2v) is 6.98. The molecule has 2 heterocycles. The summed E-state index contributed by atoms with van der Waals surface area (Å²) >= 11 is 0. The van der Waals surface area contributed by atoms with E-state index in [9.17, 15) is 14.0 Å². The first kappa shape index (κ1) is 20.0. The lowest BCUT2D eigenvalue weighted by Crippen LogP contribution is -2.47. The molecule has 1 aromatic carbocycles. The molecule has 2 aromatic rings. The molecule has 1 N–H and O–H groups in total. The van der Waals surface area contributed by atoms with Crippen molar-refractivity contribution in [1.29, 1.82) is 0 Å². The molecule has 1 fully saturated rings. The standard InChI is InChI=1S/C20H25FN4O3/c1-24-10-12-25(13-11-24)19(26)4-2-3-9-22-20(27)18-14-17(23-28-18)15-5-7-16(21)8-6-15/h5-8,14H,2-4,9-13H2,1H3,(H,22,27). The van der Waals surface area contributed by atoms with Gasteiger partial charge in [0.15, 0.2) is 0 Å². The Labute approximate surface area is 163 Å². The van der Waals surface area contributed by atoms with E-state index in [0.29, 0.717) is 30.6 Å². The van der Waals surface area contributed by atoms with Gasteiger partial charge in [-0.2, -0.15) is 0 Å². The van der Waals surface area contributed by atoms with Crippen molar-refractivity contribution in [3.05, 3.63) is 41.9 Å². The molecule has 1 saturated heterocycles. The minimum atomic E-state index is -0.355. The zero-order valence-corrected chi connectivity index (χ0v) is 16.0. The summed E-state index contributed by atoms with van der Waals surface area (Å²) < 4.78 is 18.0. The summed E-state index contributed by atoms with van der Waals surface area (Å²) in [6.45, 7) is 3.86. The molecule has 0 radical (unpaired) electrons. The second-order valence-electron chi connectivity index (χ2n) is 6.98. The van der Waals surface area contributed by atoms with Crippen LogP contribution in [0, 0.1) is 5.82 Å². The number of nitrogens with one attached hydrogen (secondary N) is 1. The molecule has 3 rings (SSSR count). The zero-order chi connectivity index (χ0) is 19.9. The van der Waals surface area contributed by atoms with Gasteiger partial charge in [0, 0.05) is 50.8 Å². The number of benzene rings is 1. The number of aromatic nitrogens is 1. The lowest BCUT2D eigenvalue weighted by molar-refractivity contribution is -0.132. The highest BCUT2D eigenvalue weighted by molar-refractivity contribution is 5.92. The van der Waals surface area contributed by atoms with Crippen molar-refractivity contribution in [2.45, 2.75) is 19.3 Å². The number of nitrogens with zero attached hydrogens (tertiary/aromatic N) is 3. The van der Waals surface area contributed by atoms with Crippen molar-refractivity contribution in [3.8, 4) is 11.3 Å². The number of hydrogen-bond donors (Lipinski definition) is 1. The van der Waals surface area contributed by atoms with E-state index in [2.05, 4.69) is 22.4 Å². The van der Waals surface area contributed by atoms with Gasteiger partial charge in [0.25, 0.3) is 5.91 Å². The predicted molar refractivity (Wildman–Crippen MR) is 102 cm³/mol. The highest BCUT2D eigenvalue weighted by Gasteiger charge is 2.18. The Kier molecular flexibility index (Phi) is 6.76. The summed E-state index contributed by atoms with van der Waals surface area (Å²) in [5.74, 6) is -0.408. The van der Waals surface area contributed by atoms with Gasteiger partial charge in [-0.15, -0.1) is 0 Å². The van der Waals surface area contributed by atoms with Crippen LogP contribution in [0.1, 0.15) is 29.8 Å². The predicted octanol–water partition coefficient (Wildman–Crippen LogP) is 2.15. The summed E-state index contributed by atoms with van der Waals surface area (Å²) in [4.78, 5) is 28.4. The summed E-state index contributed by atoms with van der Waals surface area (Å²) in [6.07, 6.45) is 1.93. The number of amides is 2. The third-order valence-electron chi connectivity index (χ3n) is 4.83. The largest absolute Gasteiger partial charge is 0.350 e. The van der Waals surface area contributed by atoms with Crippen molar-refractivity contribution in [2.24, 2.45) is 0 Å². The Morgan fingerprint density at radius 2 is 1.86 bits per heavy atom. The fourth-order valence-electron chi connectivity index (χ4n) is 3.04. The van der Waals surface area contributed by atoms with Crippen molar-refractivity contribution in [3.63, 3.8) is 0 Å². The molecule has 0 aliphatic carbocycles. The highest BCUT2D eigenvalue weighted by atomic mass is 19.1. The maximum absolute atomic E-state index is 13.0. The van der Waals surface area contributed by atoms with E-state index in [-0.39, 0.29) is 23.4 Å². The number of carbonyl (C=O) groups excluding carboxylic acids is 2. The van der Waals surface area contributed by atoms with Crippen molar-refractivity contribution >= 4 is 11.8 Å². The van der Waals surface area contributed by atoms with Gasteiger partial charge in [-0.1, -0.05) is 5.16 Å². The quantitative estimate of drug-likeness (QED) is 0.736. The average Bonchev–Trinajstić information content (AvgIpc) is 3.19. The summed E-state index contributed by atoms with van der Waals surface area (Å²) in [5, 5.41) is 6.62. The highest BCUT2D eigenvalue weighted by Crippen LogP contribution is 2.19. The van der Waals surface area contributed by atoms with Crippen molar-refractivity contribution in [2.75, 3.05) is 39.8 Å². The van der Waals surface area contributed by atoms with Crippen LogP contribution < -0.4 is 5.32 Å². The second kappa shape index (κ2) is 9.45. The third kappa shape index (κ3) is 5.39. The Morgan fingerprint density at radius 3 is 2.57 bits per heavy atom. The molecule has 28 heavy (non-hydrogen) atoms. The van der Waals surface area contributed by atoms with Gasteiger partial charge in [-0.05, 0) is 44.2 Å². The van der Waals surface area contributed by atoms with E-state index in [1.165, 1.54) is 18.2 Å². The van der Waals surface area contributed by atoms with Crippen LogP contribution in [0.15, 0.2) is 34.9 Å². The molecule has 0 spiro atoms. The lowest BCUT2D eigenvalue weighted by atomic mass is 10.1. The number of hydrogen-bond acceptors (Lipinski definition) is 5. The third-order valence-corrected chi connectivity index (χ3v) is 4.83. The van der Waals surface area contributed by atoms with Gasteiger partial charge in [0.05, 0.1) is 0 Å². The normalized spacial score (nSPS) is 14.9. The number of piperazine rings is 1. The van der Waals surface area contributed by atoms with Gasteiger partial charge in [0.2, 0.25) is 11.7 Å². The van der Waals surface area contributed by atoms with Crippen LogP contribution in [0.3, 0.4) is 0 Å². The van der Waals surface area contributed by atoms with Crippen LogP contribution in [-0.2, 0) is 4.79 Å². The molecular formula is C20H25FN4O3. The Morgan fingerprint density at radius 1 is 1.14 bits per heavy atom. The lowest BCUT2D eigenvalue weighted by Gasteiger charge is -2.32. The summed E-state index contributed by atoms with van der Waals surface area (Å²) in [5.41, 5.74) is 1.15. The minimum Gasteiger partial charge on any atom is -0.350 e. The molecule has 0 bridgehead atoms. The monoisotopic (exact) mass is 388 g/mol. The van der Waals surface area contributed by atoms with Crippen LogP contribution >= 0.6 is 0 Å². The van der Waals surface area contributed by atoms with Crippen LogP contribution in [-0.4, -0.2) is 66.5 Å². The Hall–Kier alpha value is -2.74. The first-order valence-corrected chi connectivity index (χ1v) is 9.50. The Bertz CT molecular complexity index is 798. The molecule has 150 valence electrons. The van der Waals surface area contributed by atoms with E-state index < -0.39 is 0 Å². The molecular weight excluding hydrogens is 363 g/mol. The van der Waals surface area contributed by atoms with E-state index in [0.717, 1.165) is 32.6 Å². The molecule has 2 amide bonds. The smallest absolute Gasteiger partial charge is 0.289 e. The first-order valence-electron chi connectivity index (χ1n) is 9.50. The van der Waals surface area contributed by atoms with Crippen molar-refractivity contribution < 1.29 is 18.5 Å². The van der Waals surface area contributed by atoms with Gasteiger partial charge in [-0.25, -0.2) is 4.39 Å². The molecule has 0 unspecified atom stereocenters. The number of halogens is 1. The molecule has 0 atom stereocenters. The molecule has 1 aliphatic heterocycles. The molecule has 0 saturated carbocycles. The zero-order valence-electron chi connectivity index (χ0n) is 16.0. The maximum atomic E-state index is 13.0. The van der Waals surface area contributed by atoms with E-state index in [4.69, 9.17) is 4.52 Å². The molecule has 7 nitrogen and oxygen atoms in total. The van der Waals surface area contributed by atoms with Gasteiger partial charge >= 0.3 is 0 Å². The topological polar surface area (TPSA) is 78.7 Å². The first-order chi connectivity index (χ1) is 13.5. The van der Waals surface area contributed by atoms with E-state index in [1.54, 1.807) is 12.1 Å². The molecule has 1 aliphatic rings. The van der Waals surface area contributed by atoms with Gasteiger partial charge in [0.1, 0.15) is 11.5 Å². The number of carbonyl (C=O) groups is 2. The molecule has 1 aromatic heterocycles. The van der Waals surface area contributed by atoms with E-state index in [1.807, 2.05) is 4.90 Å². The van der Waals surface area contributed by atoms with Gasteiger partial charge in [-0.3, -0.25) is 9.59 Å². The summed E-state index contributed by atoms with van der Waals surface area (Å²) in [7, 11) is 2.06. The number of likely N-dealkylation sites (N-methyl/N-ethyl adjacent to an activating group) is 1. The van der Waals surface area contributed by atoms with Crippen LogP contribution in [0.5, 0.6) is 0 Å². The molecule has 8 heteroatoms. The van der Waals surface area contributed by atoms with Crippen LogP contribution in [0.2, 0.25) is 0 Å².